The van der Waals surface area contributed by atoms with Crippen LogP contribution in [0, 0.1) is 19.8 Å². The predicted octanol–water partition coefficient (Wildman–Crippen LogP) is 4.35. The molecule has 0 aliphatic heterocycles. The van der Waals surface area contributed by atoms with E-state index in [1.807, 2.05) is 0 Å². The van der Waals surface area contributed by atoms with Gasteiger partial charge in [-0.25, -0.2) is 0 Å². The first kappa shape index (κ1) is 14.2. The van der Waals surface area contributed by atoms with Gasteiger partial charge in [-0.1, -0.05) is 57.2 Å². The van der Waals surface area contributed by atoms with Gasteiger partial charge in [-0.15, -0.1) is 0 Å². The summed E-state index contributed by atoms with van der Waals surface area (Å²) in [7, 11) is 0. The summed E-state index contributed by atoms with van der Waals surface area (Å²) in [6.45, 7) is 7.12. The molecule has 0 unspecified atom stereocenters. The second kappa shape index (κ2) is 7.50. The molecule has 1 fully saturated rings. The van der Waals surface area contributed by atoms with E-state index in [2.05, 4.69) is 39.0 Å². The number of hydrogen-bond donors (Lipinski definition) is 1. The summed E-state index contributed by atoms with van der Waals surface area (Å²) in [5.41, 5.74) is 9.33. The maximum Gasteiger partial charge on any atom is 0.0178 e. The summed E-state index contributed by atoms with van der Waals surface area (Å²) >= 11 is 0. The highest BCUT2D eigenvalue weighted by Gasteiger charge is 2.19. The highest BCUT2D eigenvalue weighted by Crippen LogP contribution is 2.33. The molecule has 0 heterocycles. The van der Waals surface area contributed by atoms with Crippen LogP contribution in [0.15, 0.2) is 18.2 Å². The van der Waals surface area contributed by atoms with Crippen LogP contribution in [0.25, 0.3) is 0 Å². The molecule has 1 aliphatic rings. The molecule has 0 amide bonds. The molecule has 1 aromatic carbocycles. The Morgan fingerprint density at radius 1 is 1.18 bits per heavy atom. The third-order valence-electron chi connectivity index (χ3n) is 3.47. The van der Waals surface area contributed by atoms with Gasteiger partial charge >= 0.3 is 0 Å². The Bertz CT molecular complexity index is 326. The lowest BCUT2D eigenvalue weighted by Gasteiger charge is -2.01. The molecule has 0 bridgehead atoms. The third-order valence-corrected chi connectivity index (χ3v) is 3.47. The minimum Gasteiger partial charge on any atom is -0.326 e. The molecule has 1 heteroatoms. The van der Waals surface area contributed by atoms with Crippen LogP contribution in [0.5, 0.6) is 0 Å². The topological polar surface area (TPSA) is 26.0 Å². The quantitative estimate of drug-likeness (QED) is 0.822. The van der Waals surface area contributed by atoms with E-state index in [0.29, 0.717) is 6.54 Å². The Morgan fingerprint density at radius 2 is 1.88 bits per heavy atom. The summed E-state index contributed by atoms with van der Waals surface area (Å²) in [5, 5.41) is 0. The molecule has 0 spiro atoms. The van der Waals surface area contributed by atoms with Crippen molar-refractivity contribution < 1.29 is 0 Å². The maximum atomic E-state index is 5.47. The zero-order valence-electron chi connectivity index (χ0n) is 11.6. The van der Waals surface area contributed by atoms with E-state index in [1.165, 1.54) is 48.8 Å². The first-order chi connectivity index (χ1) is 8.17. The van der Waals surface area contributed by atoms with Gasteiger partial charge in [-0.2, -0.15) is 0 Å². The van der Waals surface area contributed by atoms with Gasteiger partial charge in [0.1, 0.15) is 0 Å². The lowest BCUT2D eigenvalue weighted by atomic mass is 10.1. The van der Waals surface area contributed by atoms with Crippen LogP contribution in [-0.4, -0.2) is 0 Å². The highest BCUT2D eigenvalue weighted by molar-refractivity contribution is 5.29. The molecule has 0 atom stereocenters. The molecule has 1 aromatic rings. The number of aryl methyl sites for hydroxylation is 2. The van der Waals surface area contributed by atoms with Gasteiger partial charge in [0.2, 0.25) is 0 Å². The molecular weight excluding hydrogens is 206 g/mol. The summed E-state index contributed by atoms with van der Waals surface area (Å²) < 4.78 is 0. The molecule has 17 heavy (non-hydrogen) atoms. The maximum absolute atomic E-state index is 5.47. The summed E-state index contributed by atoms with van der Waals surface area (Å²) in [6.07, 6.45) is 7.41. The van der Waals surface area contributed by atoms with Crippen molar-refractivity contribution in [2.24, 2.45) is 11.7 Å². The fourth-order valence-electron chi connectivity index (χ4n) is 1.83. The molecule has 2 N–H and O–H groups in total. The normalized spacial score (nSPS) is 14.1. The van der Waals surface area contributed by atoms with E-state index in [9.17, 15) is 0 Å². The fraction of sp³-hybridized carbons (Fsp3) is 0.625. The third kappa shape index (κ3) is 5.88. The number of rotatable bonds is 4. The SMILES string of the molecule is CCCCC1CC1.Cc1ccc(CN)cc1C. The van der Waals surface area contributed by atoms with Crippen LogP contribution in [0.1, 0.15) is 55.7 Å². The number of benzene rings is 1. The van der Waals surface area contributed by atoms with Crippen molar-refractivity contribution in [1.29, 1.82) is 0 Å². The van der Waals surface area contributed by atoms with Gasteiger partial charge in [0, 0.05) is 6.54 Å². The van der Waals surface area contributed by atoms with E-state index in [0.717, 1.165) is 5.92 Å². The van der Waals surface area contributed by atoms with Crippen molar-refractivity contribution in [3.63, 3.8) is 0 Å². The summed E-state index contributed by atoms with van der Waals surface area (Å²) in [5.74, 6) is 1.15. The minimum absolute atomic E-state index is 0.640. The second-order valence-electron chi connectivity index (χ2n) is 5.21. The van der Waals surface area contributed by atoms with Crippen LogP contribution in [0.2, 0.25) is 0 Å². The highest BCUT2D eigenvalue weighted by atomic mass is 14.5. The number of nitrogens with two attached hydrogens (primary N) is 1. The Hall–Kier alpha value is -0.820. The van der Waals surface area contributed by atoms with Crippen molar-refractivity contribution in [3.8, 4) is 0 Å². The van der Waals surface area contributed by atoms with Gasteiger partial charge in [0.25, 0.3) is 0 Å². The van der Waals surface area contributed by atoms with Gasteiger partial charge in [0.05, 0.1) is 0 Å². The molecule has 96 valence electrons. The largest absolute Gasteiger partial charge is 0.326 e. The monoisotopic (exact) mass is 233 g/mol. The molecule has 1 saturated carbocycles. The second-order valence-corrected chi connectivity index (χ2v) is 5.21. The van der Waals surface area contributed by atoms with Crippen molar-refractivity contribution in [2.45, 2.75) is 59.4 Å². The Balaban J connectivity index is 0.000000181. The Labute approximate surface area is 106 Å². The van der Waals surface area contributed by atoms with Crippen LogP contribution in [0.3, 0.4) is 0 Å². The zero-order valence-corrected chi connectivity index (χ0v) is 11.6. The first-order valence-electron chi connectivity index (χ1n) is 6.93. The standard InChI is InChI=1S/C9H13N.C7H14/c1-7-3-4-9(6-10)5-8(7)2;1-2-3-4-7-5-6-7/h3-5H,6,10H2,1-2H3;7H,2-6H2,1H3. The fourth-order valence-corrected chi connectivity index (χ4v) is 1.83. The van der Waals surface area contributed by atoms with Crippen molar-refractivity contribution in [1.82, 2.24) is 0 Å². The van der Waals surface area contributed by atoms with Crippen LogP contribution in [0.4, 0.5) is 0 Å². The summed E-state index contributed by atoms with van der Waals surface area (Å²) in [4.78, 5) is 0. The van der Waals surface area contributed by atoms with E-state index in [4.69, 9.17) is 5.73 Å². The number of hydrogen-bond acceptors (Lipinski definition) is 1. The average Bonchev–Trinajstić information content (AvgIpc) is 3.15. The van der Waals surface area contributed by atoms with Crippen molar-refractivity contribution in [2.75, 3.05) is 0 Å². The average molecular weight is 233 g/mol. The van der Waals surface area contributed by atoms with Crippen LogP contribution >= 0.6 is 0 Å². The molecule has 0 aromatic heterocycles. The zero-order chi connectivity index (χ0) is 12.7. The Kier molecular flexibility index (Phi) is 6.28. The van der Waals surface area contributed by atoms with Gasteiger partial charge < -0.3 is 5.73 Å². The Morgan fingerprint density at radius 3 is 2.35 bits per heavy atom. The van der Waals surface area contributed by atoms with E-state index >= 15 is 0 Å². The lowest BCUT2D eigenvalue weighted by Crippen LogP contribution is -1.96. The molecule has 2 rings (SSSR count). The first-order valence-corrected chi connectivity index (χ1v) is 6.93. The van der Waals surface area contributed by atoms with Crippen LogP contribution < -0.4 is 5.73 Å². The minimum atomic E-state index is 0.640. The predicted molar refractivity (Wildman–Crippen MR) is 76.1 cm³/mol. The molecule has 0 saturated heterocycles. The molecular formula is C16H27N. The van der Waals surface area contributed by atoms with E-state index in [-0.39, 0.29) is 0 Å². The molecule has 1 nitrogen and oxygen atoms in total. The van der Waals surface area contributed by atoms with Gasteiger partial charge in [-0.05, 0) is 36.5 Å². The van der Waals surface area contributed by atoms with Crippen LogP contribution in [-0.2, 0) is 6.54 Å². The van der Waals surface area contributed by atoms with Gasteiger partial charge in [-0.3, -0.25) is 0 Å². The molecule has 1 aliphatic carbocycles. The van der Waals surface area contributed by atoms with Crippen molar-refractivity contribution >= 4 is 0 Å². The van der Waals surface area contributed by atoms with Gasteiger partial charge in [0.15, 0.2) is 0 Å². The van der Waals surface area contributed by atoms with Crippen molar-refractivity contribution in [3.05, 3.63) is 34.9 Å². The smallest absolute Gasteiger partial charge is 0.0178 e. The van der Waals surface area contributed by atoms with E-state index < -0.39 is 0 Å². The summed E-state index contributed by atoms with van der Waals surface area (Å²) in [6, 6.07) is 6.31. The molecule has 0 radical (unpaired) electrons. The number of unbranched alkanes of at least 4 members (excludes halogenated alkanes) is 1. The van der Waals surface area contributed by atoms with E-state index in [1.54, 1.807) is 0 Å². The lowest BCUT2D eigenvalue weighted by molar-refractivity contribution is 0.654.